The van der Waals surface area contributed by atoms with E-state index in [2.05, 4.69) is 34.8 Å². The van der Waals surface area contributed by atoms with Gasteiger partial charge in [0.1, 0.15) is 4.60 Å². The highest BCUT2D eigenvalue weighted by atomic mass is 79.9. The summed E-state index contributed by atoms with van der Waals surface area (Å²) in [6.07, 6.45) is 1.81. The number of rotatable bonds is 2. The quantitative estimate of drug-likeness (QED) is 0.791. The number of hydrogen-bond donors (Lipinski definition) is 1. The van der Waals surface area contributed by atoms with Crippen LogP contribution in [0.3, 0.4) is 0 Å². The van der Waals surface area contributed by atoms with Gasteiger partial charge in [-0.3, -0.25) is 0 Å². The molecule has 2 nitrogen and oxygen atoms in total. The first-order chi connectivity index (χ1) is 5.61. The van der Waals surface area contributed by atoms with Gasteiger partial charge < -0.3 is 5.73 Å². The third-order valence-electron chi connectivity index (χ3n) is 1.85. The van der Waals surface area contributed by atoms with Crippen LogP contribution in [0.5, 0.6) is 0 Å². The Kier molecular flexibility index (Phi) is 3.23. The van der Waals surface area contributed by atoms with E-state index < -0.39 is 0 Å². The molecule has 0 aliphatic heterocycles. The van der Waals surface area contributed by atoms with Gasteiger partial charge in [0, 0.05) is 12.2 Å². The first-order valence-electron chi connectivity index (χ1n) is 3.98. The summed E-state index contributed by atoms with van der Waals surface area (Å²) < 4.78 is 0.849. The third kappa shape index (κ3) is 2.29. The second-order valence-corrected chi connectivity index (χ2v) is 4.00. The SMILES string of the molecule is CC(C)C(N)c1ccc(Br)nc1. The molecule has 3 heteroatoms. The fourth-order valence-electron chi connectivity index (χ4n) is 0.969. The van der Waals surface area contributed by atoms with E-state index >= 15 is 0 Å². The van der Waals surface area contributed by atoms with E-state index in [1.54, 1.807) is 0 Å². The van der Waals surface area contributed by atoms with Crippen LogP contribution in [0, 0.1) is 5.92 Å². The normalized spacial score (nSPS) is 13.4. The van der Waals surface area contributed by atoms with Crippen LogP contribution in [0.4, 0.5) is 0 Å². The molecule has 0 saturated carbocycles. The Morgan fingerprint density at radius 3 is 2.50 bits per heavy atom. The lowest BCUT2D eigenvalue weighted by Crippen LogP contribution is -2.16. The molecule has 66 valence electrons. The Bertz CT molecular complexity index is 243. The van der Waals surface area contributed by atoms with Crippen molar-refractivity contribution in [3.63, 3.8) is 0 Å². The largest absolute Gasteiger partial charge is 0.324 e. The van der Waals surface area contributed by atoms with Crippen LogP contribution in [-0.4, -0.2) is 4.98 Å². The molecule has 2 N–H and O–H groups in total. The van der Waals surface area contributed by atoms with Crippen LogP contribution in [0.2, 0.25) is 0 Å². The molecule has 0 fully saturated rings. The monoisotopic (exact) mass is 228 g/mol. The molecule has 1 aromatic rings. The number of halogens is 1. The minimum absolute atomic E-state index is 0.0885. The van der Waals surface area contributed by atoms with Crippen molar-refractivity contribution in [2.45, 2.75) is 19.9 Å². The summed E-state index contributed by atoms with van der Waals surface area (Å²) in [7, 11) is 0. The standard InChI is InChI=1S/C9H13BrN2/c1-6(2)9(11)7-3-4-8(10)12-5-7/h3-6,9H,11H2,1-2H3. The minimum atomic E-state index is 0.0885. The molecule has 0 bridgehead atoms. The van der Waals surface area contributed by atoms with E-state index in [0.717, 1.165) is 10.2 Å². The van der Waals surface area contributed by atoms with Crippen molar-refractivity contribution in [3.05, 3.63) is 28.5 Å². The number of nitrogens with zero attached hydrogens (tertiary/aromatic N) is 1. The number of hydrogen-bond acceptors (Lipinski definition) is 2. The van der Waals surface area contributed by atoms with Crippen LogP contribution >= 0.6 is 15.9 Å². The molecule has 1 aromatic heterocycles. The second kappa shape index (κ2) is 4.01. The van der Waals surface area contributed by atoms with Gasteiger partial charge in [-0.05, 0) is 33.5 Å². The van der Waals surface area contributed by atoms with Crippen molar-refractivity contribution >= 4 is 15.9 Å². The van der Waals surface area contributed by atoms with E-state index in [1.807, 2.05) is 18.3 Å². The van der Waals surface area contributed by atoms with Crippen molar-refractivity contribution in [1.82, 2.24) is 4.98 Å². The Labute approximate surface area is 81.3 Å². The van der Waals surface area contributed by atoms with E-state index in [1.165, 1.54) is 0 Å². The van der Waals surface area contributed by atoms with Crippen molar-refractivity contribution in [2.75, 3.05) is 0 Å². The first-order valence-corrected chi connectivity index (χ1v) is 4.77. The maximum atomic E-state index is 5.93. The molecular formula is C9H13BrN2. The van der Waals surface area contributed by atoms with Gasteiger partial charge >= 0.3 is 0 Å². The molecule has 1 atom stereocenters. The fourth-order valence-corrected chi connectivity index (χ4v) is 1.20. The zero-order valence-electron chi connectivity index (χ0n) is 7.29. The van der Waals surface area contributed by atoms with Gasteiger partial charge in [-0.15, -0.1) is 0 Å². The van der Waals surface area contributed by atoms with Gasteiger partial charge in [0.15, 0.2) is 0 Å². The lowest BCUT2D eigenvalue weighted by molar-refractivity contribution is 0.513. The molecule has 1 heterocycles. The Hall–Kier alpha value is -0.410. The van der Waals surface area contributed by atoms with Gasteiger partial charge in [-0.25, -0.2) is 4.98 Å². The Morgan fingerprint density at radius 1 is 1.42 bits per heavy atom. The fraction of sp³-hybridized carbons (Fsp3) is 0.444. The Morgan fingerprint density at radius 2 is 2.08 bits per heavy atom. The van der Waals surface area contributed by atoms with Gasteiger partial charge in [0.05, 0.1) is 0 Å². The molecule has 0 saturated heterocycles. The third-order valence-corrected chi connectivity index (χ3v) is 2.32. The summed E-state index contributed by atoms with van der Waals surface area (Å²) in [4.78, 5) is 4.12. The maximum absolute atomic E-state index is 5.93. The molecule has 1 rings (SSSR count). The van der Waals surface area contributed by atoms with Crippen LogP contribution in [0.15, 0.2) is 22.9 Å². The summed E-state index contributed by atoms with van der Waals surface area (Å²) in [5.74, 6) is 0.452. The summed E-state index contributed by atoms with van der Waals surface area (Å²) in [5.41, 5.74) is 7.02. The van der Waals surface area contributed by atoms with E-state index in [0.29, 0.717) is 5.92 Å². The Balaban J connectivity index is 2.82. The molecular weight excluding hydrogens is 216 g/mol. The van der Waals surface area contributed by atoms with Crippen LogP contribution < -0.4 is 5.73 Å². The summed E-state index contributed by atoms with van der Waals surface area (Å²) >= 11 is 3.28. The van der Waals surface area contributed by atoms with Crippen molar-refractivity contribution in [3.8, 4) is 0 Å². The zero-order chi connectivity index (χ0) is 9.14. The molecule has 12 heavy (non-hydrogen) atoms. The van der Waals surface area contributed by atoms with Crippen molar-refractivity contribution in [2.24, 2.45) is 11.7 Å². The van der Waals surface area contributed by atoms with Gasteiger partial charge in [0.2, 0.25) is 0 Å². The highest BCUT2D eigenvalue weighted by Crippen LogP contribution is 2.18. The van der Waals surface area contributed by atoms with E-state index in [-0.39, 0.29) is 6.04 Å². The topological polar surface area (TPSA) is 38.9 Å². The lowest BCUT2D eigenvalue weighted by atomic mass is 9.99. The highest BCUT2D eigenvalue weighted by molar-refractivity contribution is 9.10. The van der Waals surface area contributed by atoms with Gasteiger partial charge in [0.25, 0.3) is 0 Å². The summed E-state index contributed by atoms with van der Waals surface area (Å²) in [5, 5.41) is 0. The van der Waals surface area contributed by atoms with Crippen LogP contribution in [-0.2, 0) is 0 Å². The van der Waals surface area contributed by atoms with E-state index in [9.17, 15) is 0 Å². The van der Waals surface area contributed by atoms with Crippen molar-refractivity contribution < 1.29 is 0 Å². The molecule has 0 aromatic carbocycles. The van der Waals surface area contributed by atoms with Crippen molar-refractivity contribution in [1.29, 1.82) is 0 Å². The number of pyridine rings is 1. The predicted octanol–water partition coefficient (Wildman–Crippen LogP) is 2.50. The van der Waals surface area contributed by atoms with Gasteiger partial charge in [-0.2, -0.15) is 0 Å². The molecule has 0 amide bonds. The smallest absolute Gasteiger partial charge is 0.106 e. The zero-order valence-corrected chi connectivity index (χ0v) is 8.88. The summed E-state index contributed by atoms with van der Waals surface area (Å²) in [6.45, 7) is 4.21. The number of nitrogens with two attached hydrogens (primary N) is 1. The molecule has 0 aliphatic carbocycles. The van der Waals surface area contributed by atoms with Crippen LogP contribution in [0.1, 0.15) is 25.5 Å². The highest BCUT2D eigenvalue weighted by Gasteiger charge is 2.09. The molecule has 1 unspecified atom stereocenters. The first kappa shape index (κ1) is 9.68. The average molecular weight is 229 g/mol. The average Bonchev–Trinajstić information content (AvgIpc) is 2.04. The van der Waals surface area contributed by atoms with Gasteiger partial charge in [-0.1, -0.05) is 19.9 Å². The second-order valence-electron chi connectivity index (χ2n) is 3.18. The van der Waals surface area contributed by atoms with Crippen LogP contribution in [0.25, 0.3) is 0 Å². The maximum Gasteiger partial charge on any atom is 0.106 e. The molecule has 0 radical (unpaired) electrons. The number of aromatic nitrogens is 1. The minimum Gasteiger partial charge on any atom is -0.324 e. The summed E-state index contributed by atoms with van der Waals surface area (Å²) in [6, 6.07) is 4.00. The predicted molar refractivity (Wildman–Crippen MR) is 53.7 cm³/mol. The lowest BCUT2D eigenvalue weighted by Gasteiger charge is -2.14. The van der Waals surface area contributed by atoms with E-state index in [4.69, 9.17) is 5.73 Å². The molecule has 0 aliphatic rings. The molecule has 0 spiro atoms.